The average Bonchev–Trinajstić information content (AvgIpc) is 2.44. The first kappa shape index (κ1) is 15.5. The Bertz CT molecular complexity index is 657. The monoisotopic (exact) mass is 304 g/mol. The van der Waals surface area contributed by atoms with E-state index in [0.29, 0.717) is 22.3 Å². The van der Waals surface area contributed by atoms with Crippen LogP contribution in [0.15, 0.2) is 29.3 Å². The molecule has 6 heteroatoms. The Morgan fingerprint density at radius 3 is 2.33 bits per heavy atom. The van der Waals surface area contributed by atoms with Crippen LogP contribution in [0.3, 0.4) is 0 Å². The average molecular weight is 304 g/mol. The van der Waals surface area contributed by atoms with E-state index in [1.165, 1.54) is 11.8 Å². The smallest absolute Gasteiger partial charge is 0.340 e. The van der Waals surface area contributed by atoms with Crippen molar-refractivity contribution in [1.29, 1.82) is 0 Å². The topological polar surface area (TPSA) is 83.3 Å². The number of hydrogen-bond acceptors (Lipinski definition) is 5. The molecule has 2 N–H and O–H groups in total. The van der Waals surface area contributed by atoms with Crippen molar-refractivity contribution >= 4 is 17.7 Å². The van der Waals surface area contributed by atoms with Crippen LogP contribution in [0, 0.1) is 13.8 Å². The summed E-state index contributed by atoms with van der Waals surface area (Å²) in [5.74, 6) is 0.170. The van der Waals surface area contributed by atoms with Gasteiger partial charge in [0.05, 0.1) is 12.3 Å². The van der Waals surface area contributed by atoms with E-state index in [9.17, 15) is 9.90 Å². The molecule has 1 aromatic heterocycles. The first-order valence-corrected chi connectivity index (χ1v) is 7.40. The number of aliphatic hydroxyl groups excluding tert-OH is 1. The molecule has 1 heterocycles. The van der Waals surface area contributed by atoms with Gasteiger partial charge in [-0.1, -0.05) is 24.3 Å². The minimum atomic E-state index is -1.01. The second-order valence-electron chi connectivity index (χ2n) is 4.60. The van der Waals surface area contributed by atoms with Crippen molar-refractivity contribution in [2.45, 2.75) is 31.2 Å². The molecule has 0 saturated heterocycles. The van der Waals surface area contributed by atoms with E-state index < -0.39 is 5.97 Å². The van der Waals surface area contributed by atoms with Crippen LogP contribution in [-0.2, 0) is 12.4 Å². The maximum atomic E-state index is 11.3. The first-order chi connectivity index (χ1) is 10.0. The van der Waals surface area contributed by atoms with E-state index in [0.717, 1.165) is 11.1 Å². The van der Waals surface area contributed by atoms with Gasteiger partial charge in [-0.05, 0) is 25.0 Å². The number of carboxylic acids is 1. The zero-order chi connectivity index (χ0) is 15.4. The molecule has 0 bridgehead atoms. The van der Waals surface area contributed by atoms with Crippen molar-refractivity contribution in [2.75, 3.05) is 0 Å². The predicted octanol–water partition coefficient (Wildman–Crippen LogP) is 2.58. The molecule has 0 aliphatic rings. The molecular formula is C15H16N2O3S. The summed E-state index contributed by atoms with van der Waals surface area (Å²) in [4.78, 5) is 19.7. The molecule has 2 rings (SSSR count). The Hall–Kier alpha value is -1.92. The highest BCUT2D eigenvalue weighted by Gasteiger charge is 2.17. The Labute approximate surface area is 127 Å². The molecule has 0 fully saturated rings. The maximum absolute atomic E-state index is 11.3. The Balaban J connectivity index is 2.20. The van der Waals surface area contributed by atoms with Crippen LogP contribution in [-0.4, -0.2) is 26.2 Å². The number of benzene rings is 1. The fraction of sp³-hybridized carbons (Fsp3) is 0.267. The quantitative estimate of drug-likeness (QED) is 0.652. The van der Waals surface area contributed by atoms with Gasteiger partial charge in [0.15, 0.2) is 0 Å². The van der Waals surface area contributed by atoms with Crippen molar-refractivity contribution in [3.8, 4) is 0 Å². The molecule has 0 aliphatic heterocycles. The number of thioether (sulfide) groups is 1. The Kier molecular flexibility index (Phi) is 4.93. The van der Waals surface area contributed by atoms with Gasteiger partial charge in [-0.2, -0.15) is 0 Å². The fourth-order valence-electron chi connectivity index (χ4n) is 1.92. The zero-order valence-electron chi connectivity index (χ0n) is 11.8. The van der Waals surface area contributed by atoms with Crippen molar-refractivity contribution in [1.82, 2.24) is 9.97 Å². The van der Waals surface area contributed by atoms with Gasteiger partial charge in [-0.25, -0.2) is 14.8 Å². The third-order valence-corrected chi connectivity index (χ3v) is 4.01. The molecular weight excluding hydrogens is 288 g/mol. The van der Waals surface area contributed by atoms with Gasteiger partial charge < -0.3 is 10.2 Å². The molecule has 2 aromatic rings. The van der Waals surface area contributed by atoms with Crippen LogP contribution in [0.1, 0.15) is 33.0 Å². The minimum Gasteiger partial charge on any atom is -0.478 e. The summed E-state index contributed by atoms with van der Waals surface area (Å²) >= 11 is 1.38. The van der Waals surface area contributed by atoms with Crippen molar-refractivity contribution in [2.24, 2.45) is 0 Å². The summed E-state index contributed by atoms with van der Waals surface area (Å²) in [6.07, 6.45) is 0. The number of nitrogens with zero attached hydrogens (tertiary/aromatic N) is 2. The number of aromatic nitrogens is 2. The van der Waals surface area contributed by atoms with Gasteiger partial charge in [0, 0.05) is 5.75 Å². The Morgan fingerprint density at radius 1 is 1.14 bits per heavy atom. The van der Waals surface area contributed by atoms with Crippen LogP contribution >= 0.6 is 11.8 Å². The highest BCUT2D eigenvalue weighted by molar-refractivity contribution is 7.98. The van der Waals surface area contributed by atoms with Crippen molar-refractivity contribution < 1.29 is 15.0 Å². The van der Waals surface area contributed by atoms with E-state index in [1.807, 2.05) is 24.3 Å². The molecule has 0 aliphatic carbocycles. The molecule has 0 atom stereocenters. The molecule has 0 spiro atoms. The molecule has 0 amide bonds. The van der Waals surface area contributed by atoms with Gasteiger partial charge in [-0.3, -0.25) is 0 Å². The molecule has 110 valence electrons. The first-order valence-electron chi connectivity index (χ1n) is 6.41. The molecule has 1 aromatic carbocycles. The molecule has 0 unspecified atom stereocenters. The third kappa shape index (κ3) is 3.80. The molecule has 0 saturated carbocycles. The lowest BCUT2D eigenvalue weighted by atomic mass is 10.2. The number of carboxylic acid groups (broad SMARTS) is 1. The number of carbonyl (C=O) groups is 1. The SMILES string of the molecule is Cc1nc(C)c(C(=O)O)c(SCc2ccc(CO)cc2)n1. The summed E-state index contributed by atoms with van der Waals surface area (Å²) in [5, 5.41) is 18.8. The van der Waals surface area contributed by atoms with Gasteiger partial charge >= 0.3 is 5.97 Å². The van der Waals surface area contributed by atoms with Gasteiger partial charge in [-0.15, -0.1) is 11.8 Å². The number of aliphatic hydroxyl groups is 1. The molecule has 0 radical (unpaired) electrons. The predicted molar refractivity (Wildman–Crippen MR) is 80.4 cm³/mol. The summed E-state index contributed by atoms with van der Waals surface area (Å²) in [6, 6.07) is 7.54. The van der Waals surface area contributed by atoms with Crippen LogP contribution in [0.4, 0.5) is 0 Å². The van der Waals surface area contributed by atoms with E-state index >= 15 is 0 Å². The fourth-order valence-corrected chi connectivity index (χ4v) is 3.00. The lowest BCUT2D eigenvalue weighted by molar-refractivity contribution is 0.0690. The summed E-state index contributed by atoms with van der Waals surface area (Å²) in [5.41, 5.74) is 2.54. The second-order valence-corrected chi connectivity index (χ2v) is 5.57. The van der Waals surface area contributed by atoms with E-state index in [2.05, 4.69) is 9.97 Å². The number of aryl methyl sites for hydroxylation is 2. The maximum Gasteiger partial charge on any atom is 0.340 e. The van der Waals surface area contributed by atoms with Crippen LogP contribution in [0.25, 0.3) is 0 Å². The second kappa shape index (κ2) is 6.69. The lowest BCUT2D eigenvalue weighted by Gasteiger charge is -2.08. The molecule has 21 heavy (non-hydrogen) atoms. The van der Waals surface area contributed by atoms with Crippen LogP contribution in [0.5, 0.6) is 0 Å². The van der Waals surface area contributed by atoms with Gasteiger partial charge in [0.25, 0.3) is 0 Å². The van der Waals surface area contributed by atoms with Crippen LogP contribution in [0.2, 0.25) is 0 Å². The third-order valence-electron chi connectivity index (χ3n) is 2.96. The van der Waals surface area contributed by atoms with E-state index in [4.69, 9.17) is 5.11 Å². The zero-order valence-corrected chi connectivity index (χ0v) is 12.6. The lowest BCUT2D eigenvalue weighted by Crippen LogP contribution is -2.08. The standard InChI is InChI=1S/C15H16N2O3S/c1-9-13(15(19)20)14(17-10(2)16-9)21-8-12-5-3-11(7-18)4-6-12/h3-6,18H,7-8H2,1-2H3,(H,19,20). The highest BCUT2D eigenvalue weighted by atomic mass is 32.2. The summed E-state index contributed by atoms with van der Waals surface area (Å²) in [7, 11) is 0. The van der Waals surface area contributed by atoms with E-state index in [1.54, 1.807) is 13.8 Å². The van der Waals surface area contributed by atoms with Crippen molar-refractivity contribution in [3.63, 3.8) is 0 Å². The van der Waals surface area contributed by atoms with Gasteiger partial charge in [0.1, 0.15) is 16.4 Å². The van der Waals surface area contributed by atoms with E-state index in [-0.39, 0.29) is 12.2 Å². The number of aromatic carboxylic acids is 1. The summed E-state index contributed by atoms with van der Waals surface area (Å²) in [6.45, 7) is 3.44. The minimum absolute atomic E-state index is 0.0148. The Morgan fingerprint density at radius 2 is 1.76 bits per heavy atom. The molecule has 5 nitrogen and oxygen atoms in total. The number of hydrogen-bond donors (Lipinski definition) is 2. The summed E-state index contributed by atoms with van der Waals surface area (Å²) < 4.78 is 0. The van der Waals surface area contributed by atoms with Gasteiger partial charge in [0.2, 0.25) is 0 Å². The highest BCUT2D eigenvalue weighted by Crippen LogP contribution is 2.26. The normalized spacial score (nSPS) is 10.6. The van der Waals surface area contributed by atoms with Crippen LogP contribution < -0.4 is 0 Å². The van der Waals surface area contributed by atoms with Crippen molar-refractivity contribution in [3.05, 3.63) is 52.5 Å². The largest absolute Gasteiger partial charge is 0.478 e. The number of rotatable bonds is 5.